The Morgan fingerprint density at radius 2 is 2.38 bits per heavy atom. The van der Waals surface area contributed by atoms with Crippen molar-refractivity contribution < 1.29 is 0 Å². The van der Waals surface area contributed by atoms with Crippen LogP contribution in [0.5, 0.6) is 0 Å². The molecule has 1 aliphatic rings. The van der Waals surface area contributed by atoms with Crippen LogP contribution in [0, 0.1) is 0 Å². The number of hydrogen-bond acceptors (Lipinski definition) is 3. The van der Waals surface area contributed by atoms with E-state index in [9.17, 15) is 0 Å². The van der Waals surface area contributed by atoms with Crippen LogP contribution in [0.15, 0.2) is 12.5 Å². The lowest BCUT2D eigenvalue weighted by Gasteiger charge is -2.24. The minimum Gasteiger partial charge on any atom is -0.331 e. The number of rotatable bonds is 4. The van der Waals surface area contributed by atoms with Crippen molar-refractivity contribution in [2.75, 3.05) is 13.1 Å². The van der Waals surface area contributed by atoms with Crippen LogP contribution in [-0.4, -0.2) is 33.6 Å². The quantitative estimate of drug-likeness (QED) is 0.837. The molecule has 0 spiro atoms. The van der Waals surface area contributed by atoms with E-state index in [0.717, 1.165) is 13.1 Å². The van der Waals surface area contributed by atoms with Crippen LogP contribution in [0.4, 0.5) is 0 Å². The van der Waals surface area contributed by atoms with E-state index < -0.39 is 0 Å². The number of hydrogen-bond donors (Lipinski definition) is 1. The van der Waals surface area contributed by atoms with Crippen LogP contribution >= 0.6 is 0 Å². The van der Waals surface area contributed by atoms with Gasteiger partial charge in [-0.2, -0.15) is 0 Å². The molecule has 0 radical (unpaired) electrons. The van der Waals surface area contributed by atoms with Crippen LogP contribution < -0.4 is 5.73 Å². The Morgan fingerprint density at radius 3 is 3.06 bits per heavy atom. The molecule has 0 bridgehead atoms. The van der Waals surface area contributed by atoms with Gasteiger partial charge in [-0.15, -0.1) is 0 Å². The van der Waals surface area contributed by atoms with Gasteiger partial charge in [0.05, 0.1) is 12.0 Å². The molecule has 2 rings (SSSR count). The lowest BCUT2D eigenvalue weighted by atomic mass is 10.2. The molecule has 1 aromatic heterocycles. The van der Waals surface area contributed by atoms with Gasteiger partial charge in [-0.1, -0.05) is 0 Å². The molecule has 90 valence electrons. The van der Waals surface area contributed by atoms with Crippen molar-refractivity contribution in [3.63, 3.8) is 0 Å². The summed E-state index contributed by atoms with van der Waals surface area (Å²) in [5, 5.41) is 0. The second kappa shape index (κ2) is 4.97. The summed E-state index contributed by atoms with van der Waals surface area (Å²) in [4.78, 5) is 6.72. The van der Waals surface area contributed by atoms with E-state index in [1.54, 1.807) is 0 Å². The fourth-order valence-electron chi connectivity index (χ4n) is 2.50. The molecular weight excluding hydrogens is 200 g/mol. The highest BCUT2D eigenvalue weighted by atomic mass is 15.2. The number of likely N-dealkylation sites (tertiary alicyclic amines) is 1. The van der Waals surface area contributed by atoms with Gasteiger partial charge in [0.25, 0.3) is 0 Å². The minimum absolute atomic E-state index is 0.483. The SMILES string of the molecule is CC(C)n1cncc1CN1CCCC1CN. The fourth-order valence-corrected chi connectivity index (χ4v) is 2.50. The Hall–Kier alpha value is -0.870. The summed E-state index contributed by atoms with van der Waals surface area (Å²) in [6, 6.07) is 1.05. The molecule has 1 unspecified atom stereocenters. The van der Waals surface area contributed by atoms with Gasteiger partial charge in [0, 0.05) is 31.4 Å². The first-order valence-electron chi connectivity index (χ1n) is 6.17. The molecule has 1 saturated heterocycles. The summed E-state index contributed by atoms with van der Waals surface area (Å²) in [6.07, 6.45) is 6.42. The van der Waals surface area contributed by atoms with Gasteiger partial charge in [-0.25, -0.2) is 4.98 Å². The van der Waals surface area contributed by atoms with E-state index in [2.05, 4.69) is 28.3 Å². The lowest BCUT2D eigenvalue weighted by Crippen LogP contribution is -2.35. The predicted octanol–water partition coefficient (Wildman–Crippen LogP) is 1.39. The summed E-state index contributed by atoms with van der Waals surface area (Å²) in [6.45, 7) is 7.31. The Morgan fingerprint density at radius 1 is 1.56 bits per heavy atom. The van der Waals surface area contributed by atoms with Crippen LogP contribution in [0.2, 0.25) is 0 Å². The summed E-state index contributed by atoms with van der Waals surface area (Å²) < 4.78 is 2.24. The third-order valence-corrected chi connectivity index (χ3v) is 3.44. The number of nitrogens with two attached hydrogens (primary N) is 1. The molecule has 1 aliphatic heterocycles. The Labute approximate surface area is 97.4 Å². The van der Waals surface area contributed by atoms with Gasteiger partial charge >= 0.3 is 0 Å². The van der Waals surface area contributed by atoms with Crippen molar-refractivity contribution in [2.45, 2.75) is 45.3 Å². The van der Waals surface area contributed by atoms with Crippen LogP contribution in [-0.2, 0) is 6.54 Å². The topological polar surface area (TPSA) is 47.1 Å². The van der Waals surface area contributed by atoms with E-state index in [1.807, 2.05) is 12.5 Å². The monoisotopic (exact) mass is 222 g/mol. The Balaban J connectivity index is 2.05. The first-order valence-corrected chi connectivity index (χ1v) is 6.17. The molecule has 4 heteroatoms. The largest absolute Gasteiger partial charge is 0.331 e. The van der Waals surface area contributed by atoms with Gasteiger partial charge in [0.1, 0.15) is 0 Å². The third kappa shape index (κ3) is 2.28. The van der Waals surface area contributed by atoms with Gasteiger partial charge < -0.3 is 10.3 Å². The molecular formula is C12H22N4. The zero-order valence-corrected chi connectivity index (χ0v) is 10.3. The van der Waals surface area contributed by atoms with Crippen molar-refractivity contribution in [1.82, 2.24) is 14.5 Å². The molecule has 4 nitrogen and oxygen atoms in total. The highest BCUT2D eigenvalue weighted by molar-refractivity contribution is 5.01. The van der Waals surface area contributed by atoms with Crippen molar-refractivity contribution in [2.24, 2.45) is 5.73 Å². The molecule has 1 fully saturated rings. The summed E-state index contributed by atoms with van der Waals surface area (Å²) in [7, 11) is 0. The maximum Gasteiger partial charge on any atom is 0.0951 e. The lowest BCUT2D eigenvalue weighted by molar-refractivity contribution is 0.242. The molecule has 0 aromatic carbocycles. The first-order chi connectivity index (χ1) is 7.72. The molecule has 2 N–H and O–H groups in total. The van der Waals surface area contributed by atoms with E-state index in [0.29, 0.717) is 12.1 Å². The zero-order chi connectivity index (χ0) is 11.5. The van der Waals surface area contributed by atoms with Crippen LogP contribution in [0.3, 0.4) is 0 Å². The van der Waals surface area contributed by atoms with Gasteiger partial charge in [-0.3, -0.25) is 4.90 Å². The summed E-state index contributed by atoms with van der Waals surface area (Å²) in [5.41, 5.74) is 7.09. The Kier molecular flexibility index (Phi) is 3.61. The molecule has 16 heavy (non-hydrogen) atoms. The zero-order valence-electron chi connectivity index (χ0n) is 10.3. The maximum absolute atomic E-state index is 5.79. The van der Waals surface area contributed by atoms with E-state index in [1.165, 1.54) is 25.1 Å². The second-order valence-electron chi connectivity index (χ2n) is 4.89. The predicted molar refractivity (Wildman–Crippen MR) is 65.1 cm³/mol. The van der Waals surface area contributed by atoms with Crippen molar-refractivity contribution >= 4 is 0 Å². The van der Waals surface area contributed by atoms with Gasteiger partial charge in [0.15, 0.2) is 0 Å². The first kappa shape index (κ1) is 11.6. The van der Waals surface area contributed by atoms with Crippen molar-refractivity contribution in [1.29, 1.82) is 0 Å². The number of nitrogens with zero attached hydrogens (tertiary/aromatic N) is 3. The molecule has 0 saturated carbocycles. The van der Waals surface area contributed by atoms with Crippen LogP contribution in [0.1, 0.15) is 38.4 Å². The van der Waals surface area contributed by atoms with Crippen molar-refractivity contribution in [3.05, 3.63) is 18.2 Å². The normalized spacial score (nSPS) is 22.1. The average molecular weight is 222 g/mol. The number of aromatic nitrogens is 2. The minimum atomic E-state index is 0.483. The number of imidazole rings is 1. The average Bonchev–Trinajstić information content (AvgIpc) is 2.86. The smallest absolute Gasteiger partial charge is 0.0951 e. The van der Waals surface area contributed by atoms with E-state index in [4.69, 9.17) is 5.73 Å². The highest BCUT2D eigenvalue weighted by Gasteiger charge is 2.24. The van der Waals surface area contributed by atoms with Gasteiger partial charge in [-0.05, 0) is 33.2 Å². The molecule has 0 aliphatic carbocycles. The van der Waals surface area contributed by atoms with Crippen molar-refractivity contribution in [3.8, 4) is 0 Å². The summed E-state index contributed by atoms with van der Waals surface area (Å²) in [5.74, 6) is 0. The molecule has 1 aromatic rings. The third-order valence-electron chi connectivity index (χ3n) is 3.44. The molecule has 2 heterocycles. The fraction of sp³-hybridized carbons (Fsp3) is 0.750. The second-order valence-corrected chi connectivity index (χ2v) is 4.89. The Bertz CT molecular complexity index is 332. The van der Waals surface area contributed by atoms with Crippen LogP contribution in [0.25, 0.3) is 0 Å². The standard InChI is InChI=1S/C12H22N4/c1-10(2)16-9-14-7-12(16)8-15-5-3-4-11(15)6-13/h7,9-11H,3-6,8,13H2,1-2H3. The molecule has 0 amide bonds. The molecule has 1 atom stereocenters. The van der Waals surface area contributed by atoms with E-state index in [-0.39, 0.29) is 0 Å². The van der Waals surface area contributed by atoms with Gasteiger partial charge in [0.2, 0.25) is 0 Å². The van der Waals surface area contributed by atoms with E-state index >= 15 is 0 Å². The summed E-state index contributed by atoms with van der Waals surface area (Å²) >= 11 is 0. The highest BCUT2D eigenvalue weighted by Crippen LogP contribution is 2.20. The maximum atomic E-state index is 5.79.